The molecule has 1 heterocycles. The van der Waals surface area contributed by atoms with E-state index in [2.05, 4.69) is 5.32 Å². The van der Waals surface area contributed by atoms with E-state index in [4.69, 9.17) is 24.4 Å². The van der Waals surface area contributed by atoms with Crippen molar-refractivity contribution in [3.63, 3.8) is 0 Å². The van der Waals surface area contributed by atoms with Crippen molar-refractivity contribution in [3.05, 3.63) is 0 Å². The molecule has 1 fully saturated rings. The van der Waals surface area contributed by atoms with Gasteiger partial charge in [0.25, 0.3) is 0 Å². The predicted molar refractivity (Wildman–Crippen MR) is 40.8 cm³/mol. The van der Waals surface area contributed by atoms with Crippen LogP contribution in [0.1, 0.15) is 0 Å². The molecule has 1 N–H and O–H groups in total. The Morgan fingerprint density at radius 1 is 1.57 bits per heavy atom. The second-order valence-corrected chi connectivity index (χ2v) is 3.64. The normalized spacial score (nSPS) is 20.0. The smallest absolute Gasteiger partial charge is 0.139 e. The minimum atomic E-state index is 0.777. The molecule has 0 aromatic carbocycles. The highest BCUT2D eigenvalue weighted by atomic mass is 32.2. The van der Waals surface area contributed by atoms with Crippen LogP contribution in [0.25, 0.3) is 0 Å². The first-order valence-electron chi connectivity index (χ1n) is 1.77. The Morgan fingerprint density at radius 2 is 2.29 bits per heavy atom. The summed E-state index contributed by atoms with van der Waals surface area (Å²) < 4.78 is 1.76. The van der Waals surface area contributed by atoms with E-state index in [9.17, 15) is 0 Å². The van der Waals surface area contributed by atoms with Gasteiger partial charge in [0.2, 0.25) is 0 Å². The number of hydrogen-bond donors (Lipinski definition) is 1. The summed E-state index contributed by atoms with van der Waals surface area (Å²) in [5.41, 5.74) is 0. The molecule has 1 aliphatic heterocycles. The molecule has 0 unspecified atom stereocenters. The van der Waals surface area contributed by atoms with Crippen LogP contribution in [0.3, 0.4) is 0 Å². The van der Waals surface area contributed by atoms with Gasteiger partial charge in [-0.3, -0.25) is 0 Å². The molecule has 0 saturated carbocycles. The maximum Gasteiger partial charge on any atom is 0.139 e. The summed E-state index contributed by atoms with van der Waals surface area (Å²) in [6, 6.07) is 0. The molecule has 7 heavy (non-hydrogen) atoms. The largest absolute Gasteiger partial charge is 0.365 e. The molecule has 1 rings (SSSR count). The van der Waals surface area contributed by atoms with Crippen molar-refractivity contribution in [2.75, 3.05) is 6.54 Å². The van der Waals surface area contributed by atoms with Crippen LogP contribution in [0.4, 0.5) is 0 Å². The summed E-state index contributed by atoms with van der Waals surface area (Å²) in [6.07, 6.45) is 0. The van der Waals surface area contributed by atoms with E-state index < -0.39 is 0 Å². The molecule has 38 valence electrons. The molecular formula is C3H3NS3. The molecule has 0 amide bonds. The highest BCUT2D eigenvalue weighted by molar-refractivity contribution is 8.38. The lowest BCUT2D eigenvalue weighted by atomic mass is 10.8. The van der Waals surface area contributed by atoms with E-state index in [1.807, 2.05) is 0 Å². The van der Waals surface area contributed by atoms with Crippen molar-refractivity contribution >= 4 is 44.7 Å². The van der Waals surface area contributed by atoms with Crippen molar-refractivity contribution in [3.8, 4) is 0 Å². The molecule has 0 aromatic rings. The van der Waals surface area contributed by atoms with E-state index in [1.165, 1.54) is 11.8 Å². The number of nitrogens with one attached hydrogen (secondary N) is 1. The van der Waals surface area contributed by atoms with Crippen molar-refractivity contribution < 1.29 is 0 Å². The average Bonchev–Trinajstić information content (AvgIpc) is 1.87. The van der Waals surface area contributed by atoms with Gasteiger partial charge in [-0.2, -0.15) is 0 Å². The quantitative estimate of drug-likeness (QED) is 0.514. The summed E-state index contributed by atoms with van der Waals surface area (Å²) in [4.78, 5) is 0. The van der Waals surface area contributed by atoms with E-state index in [-0.39, 0.29) is 0 Å². The third-order valence-corrected chi connectivity index (χ3v) is 2.07. The Bertz CT molecular complexity index is 105. The highest BCUT2D eigenvalue weighted by Gasteiger charge is 2.09. The number of thiocarbonyl (C=S) groups is 2. The van der Waals surface area contributed by atoms with Crippen molar-refractivity contribution in [2.45, 2.75) is 0 Å². The predicted octanol–water partition coefficient (Wildman–Crippen LogP) is 0.935. The van der Waals surface area contributed by atoms with E-state index >= 15 is 0 Å². The molecule has 4 heteroatoms. The van der Waals surface area contributed by atoms with Crippen LogP contribution >= 0.6 is 36.2 Å². The molecule has 1 saturated heterocycles. The van der Waals surface area contributed by atoms with Crippen molar-refractivity contribution in [2.24, 2.45) is 0 Å². The van der Waals surface area contributed by atoms with Crippen LogP contribution in [0.15, 0.2) is 0 Å². The lowest BCUT2D eigenvalue weighted by Gasteiger charge is -1.81. The van der Waals surface area contributed by atoms with E-state index in [1.54, 1.807) is 0 Å². The Labute approximate surface area is 56.9 Å². The maximum atomic E-state index is 4.81. The molecule has 1 aliphatic rings. The molecule has 0 radical (unpaired) electrons. The van der Waals surface area contributed by atoms with Crippen LogP contribution in [-0.4, -0.2) is 15.1 Å². The number of rotatable bonds is 0. The zero-order valence-electron chi connectivity index (χ0n) is 3.43. The molecular weight excluding hydrogens is 146 g/mol. The lowest BCUT2D eigenvalue weighted by molar-refractivity contribution is 1.16. The molecule has 0 spiro atoms. The van der Waals surface area contributed by atoms with Crippen LogP contribution in [0.5, 0.6) is 0 Å². The van der Waals surface area contributed by atoms with Crippen LogP contribution in [0, 0.1) is 0 Å². The first-order chi connectivity index (χ1) is 3.29. The molecule has 0 aromatic heterocycles. The van der Waals surface area contributed by atoms with E-state index in [0.29, 0.717) is 0 Å². The summed E-state index contributed by atoms with van der Waals surface area (Å²) in [5.74, 6) is 0. The Hall–Kier alpha value is 0.330. The van der Waals surface area contributed by atoms with Gasteiger partial charge in [0.1, 0.15) is 4.32 Å². The number of thioether (sulfide) groups is 1. The minimum Gasteiger partial charge on any atom is -0.365 e. The lowest BCUT2D eigenvalue weighted by Crippen LogP contribution is -2.10. The fourth-order valence-electron chi connectivity index (χ4n) is 0.320. The highest BCUT2D eigenvalue weighted by Crippen LogP contribution is 2.10. The molecule has 0 aliphatic carbocycles. The Balaban J connectivity index is 2.55. The van der Waals surface area contributed by atoms with Gasteiger partial charge in [-0.05, 0) is 0 Å². The molecule has 1 nitrogen and oxygen atoms in total. The first kappa shape index (κ1) is 5.47. The first-order valence-corrected chi connectivity index (χ1v) is 3.41. The Morgan fingerprint density at radius 3 is 2.43 bits per heavy atom. The molecule has 0 bridgehead atoms. The summed E-state index contributed by atoms with van der Waals surface area (Å²) >= 11 is 11.0. The topological polar surface area (TPSA) is 12.0 Å². The third-order valence-electron chi connectivity index (χ3n) is 0.584. The van der Waals surface area contributed by atoms with Crippen LogP contribution in [-0.2, 0) is 0 Å². The van der Waals surface area contributed by atoms with Crippen LogP contribution < -0.4 is 5.32 Å². The second kappa shape index (κ2) is 2.07. The minimum absolute atomic E-state index is 0.777. The van der Waals surface area contributed by atoms with Crippen molar-refractivity contribution in [1.29, 1.82) is 0 Å². The monoisotopic (exact) mass is 149 g/mol. The van der Waals surface area contributed by atoms with Gasteiger partial charge in [0.05, 0.1) is 10.7 Å². The molecule has 0 atom stereocenters. The van der Waals surface area contributed by atoms with Crippen LogP contribution in [0.2, 0.25) is 0 Å². The Kier molecular flexibility index (Phi) is 1.61. The fourth-order valence-corrected chi connectivity index (χ4v) is 1.67. The van der Waals surface area contributed by atoms with Gasteiger partial charge >= 0.3 is 0 Å². The zero-order chi connectivity index (χ0) is 5.28. The SMILES string of the molecule is S=C1CNC(=S)S1. The van der Waals surface area contributed by atoms with Gasteiger partial charge in [-0.25, -0.2) is 0 Å². The van der Waals surface area contributed by atoms with Crippen molar-refractivity contribution in [1.82, 2.24) is 5.32 Å². The average molecular weight is 149 g/mol. The van der Waals surface area contributed by atoms with Gasteiger partial charge in [-0.15, -0.1) is 0 Å². The zero-order valence-corrected chi connectivity index (χ0v) is 5.88. The van der Waals surface area contributed by atoms with Gasteiger partial charge in [0.15, 0.2) is 0 Å². The number of hydrogen-bond acceptors (Lipinski definition) is 3. The summed E-state index contributed by atoms with van der Waals surface area (Å²) in [5, 5.41) is 2.92. The summed E-state index contributed by atoms with van der Waals surface area (Å²) in [7, 11) is 0. The van der Waals surface area contributed by atoms with Gasteiger partial charge in [0, 0.05) is 0 Å². The van der Waals surface area contributed by atoms with E-state index in [0.717, 1.165) is 15.1 Å². The van der Waals surface area contributed by atoms with Gasteiger partial charge in [-0.1, -0.05) is 36.2 Å². The maximum absolute atomic E-state index is 4.81. The second-order valence-electron chi connectivity index (χ2n) is 1.12. The van der Waals surface area contributed by atoms with Gasteiger partial charge < -0.3 is 5.32 Å². The standard InChI is InChI=1S/C3H3NS3/c5-2-1-4-3(6)7-2/h1H2,(H,4,6). The summed E-state index contributed by atoms with van der Waals surface area (Å²) in [6.45, 7) is 0.777. The third kappa shape index (κ3) is 1.36. The fraction of sp³-hybridized carbons (Fsp3) is 0.333.